The average Bonchev–Trinajstić information content (AvgIpc) is 2.72. The Labute approximate surface area is 183 Å². The highest BCUT2D eigenvalue weighted by Crippen LogP contribution is 2.25. The number of nitrogens with one attached hydrogen (secondary N) is 2. The van der Waals surface area contributed by atoms with Crippen LogP contribution < -0.4 is 14.8 Å². The van der Waals surface area contributed by atoms with Crippen molar-refractivity contribution in [3.63, 3.8) is 0 Å². The molecule has 2 N–H and O–H groups in total. The number of sulfonamides is 1. The molecule has 3 aromatic carbocycles. The molecule has 0 fully saturated rings. The second-order valence-corrected chi connectivity index (χ2v) is 9.71. The summed E-state index contributed by atoms with van der Waals surface area (Å²) in [6, 6.07) is 22.7. The van der Waals surface area contributed by atoms with E-state index in [2.05, 4.69) is 10.0 Å². The number of hydrogen-bond donors (Lipinski definition) is 2. The molecule has 0 bridgehead atoms. The molecule has 3 rings (SSSR count). The molecule has 0 atom stereocenters. The molecule has 3 aromatic rings. The third kappa shape index (κ3) is 6.16. The van der Waals surface area contributed by atoms with Gasteiger partial charge >= 0.3 is 0 Å². The van der Waals surface area contributed by atoms with Crippen LogP contribution in [0.2, 0.25) is 0 Å². The lowest BCUT2D eigenvalue weighted by Crippen LogP contribution is -2.41. The molecule has 0 spiro atoms. The molecule has 0 heterocycles. The van der Waals surface area contributed by atoms with Crippen molar-refractivity contribution in [1.82, 2.24) is 10.0 Å². The molecule has 162 valence electrons. The molecule has 0 aliphatic carbocycles. The van der Waals surface area contributed by atoms with E-state index < -0.39 is 15.6 Å². The van der Waals surface area contributed by atoms with Gasteiger partial charge in [0.15, 0.2) is 0 Å². The SMILES string of the molecule is CC(C)(C)NS(=O)(=O)c1ccccc1CNC(=O)c1ccccc1Oc1ccccc1. The van der Waals surface area contributed by atoms with Crippen molar-refractivity contribution in [2.24, 2.45) is 0 Å². The first kappa shape index (κ1) is 22.5. The minimum atomic E-state index is -3.74. The summed E-state index contributed by atoms with van der Waals surface area (Å²) in [6.07, 6.45) is 0. The third-order valence-corrected chi connectivity index (χ3v) is 6.10. The molecule has 6 nitrogen and oxygen atoms in total. The van der Waals surface area contributed by atoms with Crippen LogP contribution in [-0.2, 0) is 16.6 Å². The zero-order valence-electron chi connectivity index (χ0n) is 17.8. The Morgan fingerprint density at radius 3 is 2.19 bits per heavy atom. The maximum Gasteiger partial charge on any atom is 0.255 e. The third-order valence-electron chi connectivity index (χ3n) is 4.24. The molecule has 0 aromatic heterocycles. The maximum absolute atomic E-state index is 12.9. The predicted molar refractivity (Wildman–Crippen MR) is 121 cm³/mol. The zero-order chi connectivity index (χ0) is 22.5. The van der Waals surface area contributed by atoms with Gasteiger partial charge in [0.1, 0.15) is 11.5 Å². The van der Waals surface area contributed by atoms with Gasteiger partial charge in [-0.05, 0) is 56.7 Å². The Morgan fingerprint density at radius 2 is 1.48 bits per heavy atom. The van der Waals surface area contributed by atoms with E-state index in [0.717, 1.165) is 0 Å². The van der Waals surface area contributed by atoms with Crippen LogP contribution >= 0.6 is 0 Å². The second kappa shape index (κ2) is 9.32. The molecule has 0 aliphatic heterocycles. The maximum atomic E-state index is 12.9. The molecule has 0 unspecified atom stereocenters. The van der Waals surface area contributed by atoms with Crippen molar-refractivity contribution in [3.8, 4) is 11.5 Å². The minimum absolute atomic E-state index is 0.0553. The standard InChI is InChI=1S/C24H26N2O4S/c1-24(2,3)26-31(28,29)22-16-10-7-11-18(22)17-25-23(27)20-14-8-9-15-21(20)30-19-12-5-4-6-13-19/h4-16,26H,17H2,1-3H3,(H,25,27). The Hall–Kier alpha value is -3.16. The number of hydrogen-bond acceptors (Lipinski definition) is 4. The van der Waals surface area contributed by atoms with E-state index in [0.29, 0.717) is 22.6 Å². The summed E-state index contributed by atoms with van der Waals surface area (Å²) in [5.74, 6) is 0.677. The van der Waals surface area contributed by atoms with Gasteiger partial charge in [0, 0.05) is 12.1 Å². The van der Waals surface area contributed by atoms with Crippen molar-refractivity contribution in [2.45, 2.75) is 37.8 Å². The molecule has 31 heavy (non-hydrogen) atoms. The average molecular weight is 439 g/mol. The first-order valence-corrected chi connectivity index (χ1v) is 11.4. The van der Waals surface area contributed by atoms with Crippen molar-refractivity contribution < 1.29 is 17.9 Å². The molecule has 1 amide bonds. The molecule has 0 saturated heterocycles. The summed E-state index contributed by atoms with van der Waals surface area (Å²) in [4.78, 5) is 13.0. The summed E-state index contributed by atoms with van der Waals surface area (Å²) in [5, 5.41) is 2.81. The highest BCUT2D eigenvalue weighted by atomic mass is 32.2. The number of amides is 1. The van der Waals surface area contributed by atoms with E-state index in [1.807, 2.05) is 18.2 Å². The smallest absolute Gasteiger partial charge is 0.255 e. The van der Waals surface area contributed by atoms with Gasteiger partial charge < -0.3 is 10.1 Å². The lowest BCUT2D eigenvalue weighted by molar-refractivity contribution is 0.0948. The van der Waals surface area contributed by atoms with Crippen molar-refractivity contribution >= 4 is 15.9 Å². The Balaban J connectivity index is 1.79. The van der Waals surface area contributed by atoms with Crippen molar-refractivity contribution in [3.05, 3.63) is 90.0 Å². The summed E-state index contributed by atoms with van der Waals surface area (Å²) in [6.45, 7) is 5.38. The Morgan fingerprint density at radius 1 is 0.871 bits per heavy atom. The van der Waals surface area contributed by atoms with E-state index >= 15 is 0 Å². The van der Waals surface area contributed by atoms with Crippen LogP contribution in [0.25, 0.3) is 0 Å². The van der Waals surface area contributed by atoms with Gasteiger partial charge in [-0.2, -0.15) is 0 Å². The Kier molecular flexibility index (Phi) is 6.77. The highest BCUT2D eigenvalue weighted by molar-refractivity contribution is 7.89. The van der Waals surface area contributed by atoms with Gasteiger partial charge in [0.2, 0.25) is 10.0 Å². The van der Waals surface area contributed by atoms with Crippen LogP contribution in [-0.4, -0.2) is 19.9 Å². The second-order valence-electron chi connectivity index (χ2n) is 8.06. The lowest BCUT2D eigenvalue weighted by Gasteiger charge is -2.21. The first-order valence-electron chi connectivity index (χ1n) is 9.88. The van der Waals surface area contributed by atoms with Gasteiger partial charge in [-0.3, -0.25) is 4.79 Å². The van der Waals surface area contributed by atoms with Gasteiger partial charge in [0.05, 0.1) is 10.5 Å². The summed E-state index contributed by atoms with van der Waals surface area (Å²) in [7, 11) is -3.74. The summed E-state index contributed by atoms with van der Waals surface area (Å²) < 4.78 is 34.1. The van der Waals surface area contributed by atoms with E-state index in [4.69, 9.17) is 4.74 Å². The summed E-state index contributed by atoms with van der Waals surface area (Å²) >= 11 is 0. The van der Waals surface area contributed by atoms with Crippen LogP contribution in [0.1, 0.15) is 36.7 Å². The van der Waals surface area contributed by atoms with E-state index in [9.17, 15) is 13.2 Å². The number of carbonyl (C=O) groups excluding carboxylic acids is 1. The largest absolute Gasteiger partial charge is 0.457 e. The van der Waals surface area contributed by atoms with Crippen molar-refractivity contribution in [2.75, 3.05) is 0 Å². The molecular weight excluding hydrogens is 412 g/mol. The monoisotopic (exact) mass is 438 g/mol. The number of ether oxygens (including phenoxy) is 1. The zero-order valence-corrected chi connectivity index (χ0v) is 18.6. The number of rotatable bonds is 7. The highest BCUT2D eigenvalue weighted by Gasteiger charge is 2.24. The molecule has 0 saturated carbocycles. The van der Waals surface area contributed by atoms with Gasteiger partial charge in [-0.15, -0.1) is 0 Å². The van der Waals surface area contributed by atoms with Gasteiger partial charge in [-0.1, -0.05) is 48.5 Å². The van der Waals surface area contributed by atoms with Crippen LogP contribution in [0.3, 0.4) is 0 Å². The van der Waals surface area contributed by atoms with Gasteiger partial charge in [0.25, 0.3) is 5.91 Å². The van der Waals surface area contributed by atoms with Crippen LogP contribution in [0.15, 0.2) is 83.8 Å². The lowest BCUT2D eigenvalue weighted by atomic mass is 10.1. The fourth-order valence-electron chi connectivity index (χ4n) is 3.00. The van der Waals surface area contributed by atoms with E-state index in [-0.39, 0.29) is 17.3 Å². The topological polar surface area (TPSA) is 84.5 Å². The van der Waals surface area contributed by atoms with Crippen LogP contribution in [0.5, 0.6) is 11.5 Å². The molecule has 7 heteroatoms. The van der Waals surface area contributed by atoms with Crippen molar-refractivity contribution in [1.29, 1.82) is 0 Å². The Bertz CT molecular complexity index is 1150. The number of benzene rings is 3. The van der Waals surface area contributed by atoms with Crippen LogP contribution in [0.4, 0.5) is 0 Å². The minimum Gasteiger partial charge on any atom is -0.457 e. The number of para-hydroxylation sites is 2. The quantitative estimate of drug-likeness (QED) is 0.569. The van der Waals surface area contributed by atoms with Gasteiger partial charge in [-0.25, -0.2) is 13.1 Å². The van der Waals surface area contributed by atoms with Crippen LogP contribution in [0, 0.1) is 0 Å². The fourth-order valence-corrected chi connectivity index (χ4v) is 4.66. The molecule has 0 aliphatic rings. The van der Waals surface area contributed by atoms with E-state index in [1.165, 1.54) is 6.07 Å². The number of carbonyl (C=O) groups is 1. The van der Waals surface area contributed by atoms with E-state index in [1.54, 1.807) is 75.4 Å². The first-order chi connectivity index (χ1) is 14.7. The normalized spacial score (nSPS) is 11.7. The fraction of sp³-hybridized carbons (Fsp3) is 0.208. The predicted octanol–water partition coefficient (Wildman–Crippen LogP) is 4.49. The molecular formula is C24H26N2O4S. The molecule has 0 radical (unpaired) electrons. The summed E-state index contributed by atoms with van der Waals surface area (Å²) in [5.41, 5.74) is 0.233.